The lowest BCUT2D eigenvalue weighted by Gasteiger charge is -2.43. The molecule has 8 nitrogen and oxygen atoms in total. The van der Waals surface area contributed by atoms with Gasteiger partial charge in [-0.3, -0.25) is 4.79 Å². The lowest BCUT2D eigenvalue weighted by molar-refractivity contribution is -0.141. The van der Waals surface area contributed by atoms with Crippen LogP contribution in [0.15, 0.2) is 18.3 Å². The number of hydrogen-bond acceptors (Lipinski definition) is 5. The number of aliphatic hydroxyl groups is 1. The van der Waals surface area contributed by atoms with E-state index in [1.54, 1.807) is 0 Å². The molecule has 1 unspecified atom stereocenters. The summed E-state index contributed by atoms with van der Waals surface area (Å²) < 4.78 is 0. The first kappa shape index (κ1) is 22.4. The van der Waals surface area contributed by atoms with Crippen LogP contribution in [0.3, 0.4) is 0 Å². The van der Waals surface area contributed by atoms with Gasteiger partial charge in [-0.1, -0.05) is 6.07 Å². The van der Waals surface area contributed by atoms with Crippen LogP contribution < -0.4 is 4.90 Å². The summed E-state index contributed by atoms with van der Waals surface area (Å²) in [4.78, 5) is 39.6. The number of piperidine rings is 1. The van der Waals surface area contributed by atoms with Crippen LogP contribution in [0.25, 0.3) is 0 Å². The molecule has 180 valence electrons. The molecule has 0 radical (unpaired) electrons. The fourth-order valence-electron chi connectivity index (χ4n) is 6.21. The minimum atomic E-state index is -0.405. The van der Waals surface area contributed by atoms with E-state index >= 15 is 0 Å². The van der Waals surface area contributed by atoms with Crippen molar-refractivity contribution in [3.8, 4) is 0 Å². The minimum Gasteiger partial charge on any atom is -0.393 e. The van der Waals surface area contributed by atoms with Crippen LogP contribution in [0, 0.1) is 12.3 Å². The maximum atomic E-state index is 13.5. The summed E-state index contributed by atoms with van der Waals surface area (Å²) in [6.45, 7) is 7.04. The lowest BCUT2D eigenvalue weighted by Crippen LogP contribution is -2.57. The number of likely N-dealkylation sites (tertiary alicyclic amines) is 2. The normalized spacial score (nSPS) is 30.9. The third-order valence-corrected chi connectivity index (χ3v) is 8.27. The molecule has 4 heterocycles. The van der Waals surface area contributed by atoms with E-state index in [2.05, 4.69) is 20.9 Å². The Morgan fingerprint density at radius 1 is 1.00 bits per heavy atom. The van der Waals surface area contributed by atoms with Crippen LogP contribution in [0.2, 0.25) is 0 Å². The van der Waals surface area contributed by atoms with Crippen molar-refractivity contribution in [3.05, 3.63) is 23.9 Å². The number of carbonyl (C=O) groups is 2. The van der Waals surface area contributed by atoms with E-state index in [0.717, 1.165) is 82.5 Å². The zero-order valence-electron chi connectivity index (χ0n) is 19.8. The van der Waals surface area contributed by atoms with Crippen LogP contribution in [-0.2, 0) is 4.79 Å². The highest BCUT2D eigenvalue weighted by Crippen LogP contribution is 2.42. The third kappa shape index (κ3) is 4.42. The number of aryl methyl sites for hydroxylation is 1. The van der Waals surface area contributed by atoms with Gasteiger partial charge in [0.25, 0.3) is 0 Å². The van der Waals surface area contributed by atoms with Crippen molar-refractivity contribution in [1.29, 1.82) is 0 Å². The molecule has 0 bridgehead atoms. The molecule has 3 aliphatic heterocycles. The molecule has 4 fully saturated rings. The average Bonchev–Trinajstić information content (AvgIpc) is 3.15. The molecule has 33 heavy (non-hydrogen) atoms. The average molecular weight is 456 g/mol. The van der Waals surface area contributed by atoms with Gasteiger partial charge in [-0.05, 0) is 63.5 Å². The van der Waals surface area contributed by atoms with E-state index in [0.29, 0.717) is 19.6 Å². The van der Waals surface area contributed by atoms with Crippen molar-refractivity contribution in [2.24, 2.45) is 5.41 Å². The molecule has 1 atom stereocenters. The number of aliphatic hydroxyl groups excluding tert-OH is 1. The van der Waals surface area contributed by atoms with Crippen LogP contribution >= 0.6 is 0 Å². The predicted molar refractivity (Wildman–Crippen MR) is 126 cm³/mol. The number of urea groups is 1. The highest BCUT2D eigenvalue weighted by Gasteiger charge is 2.51. The smallest absolute Gasteiger partial charge is 0.320 e. The molecule has 0 aromatic carbocycles. The number of carbonyl (C=O) groups excluding carboxylic acids is 2. The van der Waals surface area contributed by atoms with Gasteiger partial charge in [-0.15, -0.1) is 0 Å². The van der Waals surface area contributed by atoms with Crippen molar-refractivity contribution in [2.45, 2.75) is 64.0 Å². The van der Waals surface area contributed by atoms with Gasteiger partial charge in [0.1, 0.15) is 5.82 Å². The molecule has 3 saturated heterocycles. The maximum Gasteiger partial charge on any atom is 0.320 e. The SMILES string of the molecule is Cc1ccc(N2CCN(C(=O)N3CCCC4(CCN(C5CCC(O)CC5)C4=O)C3)CC2)nc1. The van der Waals surface area contributed by atoms with Gasteiger partial charge in [-0.25, -0.2) is 9.78 Å². The summed E-state index contributed by atoms with van der Waals surface area (Å²) >= 11 is 0. The Bertz CT molecular complexity index is 861. The highest BCUT2D eigenvalue weighted by molar-refractivity contribution is 5.86. The Morgan fingerprint density at radius 3 is 2.45 bits per heavy atom. The first-order valence-corrected chi connectivity index (χ1v) is 12.7. The molecule has 1 spiro atoms. The number of rotatable bonds is 2. The predicted octanol–water partition coefficient (Wildman–Crippen LogP) is 2.25. The van der Waals surface area contributed by atoms with E-state index in [4.69, 9.17) is 0 Å². The summed E-state index contributed by atoms with van der Waals surface area (Å²) in [6, 6.07) is 4.46. The first-order chi connectivity index (χ1) is 15.9. The Labute approximate surface area is 196 Å². The Balaban J connectivity index is 1.18. The fourth-order valence-corrected chi connectivity index (χ4v) is 6.21. The van der Waals surface area contributed by atoms with Crippen molar-refractivity contribution in [1.82, 2.24) is 19.7 Å². The summed E-state index contributed by atoms with van der Waals surface area (Å²) in [6.07, 6.45) is 7.66. The van der Waals surface area contributed by atoms with Gasteiger partial charge < -0.3 is 24.7 Å². The maximum absolute atomic E-state index is 13.5. The zero-order chi connectivity index (χ0) is 23.0. The number of hydrogen-bond donors (Lipinski definition) is 1. The van der Waals surface area contributed by atoms with Gasteiger partial charge in [0.15, 0.2) is 0 Å². The largest absolute Gasteiger partial charge is 0.393 e. The number of anilines is 1. The van der Waals surface area contributed by atoms with Crippen LogP contribution in [0.5, 0.6) is 0 Å². The van der Waals surface area contributed by atoms with Crippen molar-refractivity contribution in [3.63, 3.8) is 0 Å². The second-order valence-electron chi connectivity index (χ2n) is 10.5. The lowest BCUT2D eigenvalue weighted by atomic mass is 9.78. The van der Waals surface area contributed by atoms with Crippen LogP contribution in [0.1, 0.15) is 50.5 Å². The van der Waals surface area contributed by atoms with Gasteiger partial charge >= 0.3 is 6.03 Å². The summed E-state index contributed by atoms with van der Waals surface area (Å²) in [5.41, 5.74) is 0.741. The Kier molecular flexibility index (Phi) is 6.20. The Hall–Kier alpha value is -2.35. The second kappa shape index (κ2) is 9.12. The number of amides is 3. The number of pyridine rings is 1. The first-order valence-electron chi connectivity index (χ1n) is 12.7. The third-order valence-electron chi connectivity index (χ3n) is 8.27. The van der Waals surface area contributed by atoms with E-state index < -0.39 is 5.41 Å². The fraction of sp³-hybridized carbons (Fsp3) is 0.720. The van der Waals surface area contributed by atoms with Crippen LogP contribution in [-0.4, -0.2) is 94.7 Å². The molecule has 3 amide bonds. The molecule has 8 heteroatoms. The van der Waals surface area contributed by atoms with Gasteiger partial charge in [0.05, 0.1) is 11.5 Å². The molecule has 1 aromatic heterocycles. The van der Waals surface area contributed by atoms with E-state index in [-0.39, 0.29) is 24.1 Å². The van der Waals surface area contributed by atoms with Crippen molar-refractivity contribution < 1.29 is 14.7 Å². The summed E-state index contributed by atoms with van der Waals surface area (Å²) in [7, 11) is 0. The minimum absolute atomic E-state index is 0.0811. The van der Waals surface area contributed by atoms with Gasteiger partial charge in [-0.2, -0.15) is 0 Å². The van der Waals surface area contributed by atoms with Crippen molar-refractivity contribution in [2.75, 3.05) is 50.7 Å². The van der Waals surface area contributed by atoms with E-state index in [9.17, 15) is 14.7 Å². The second-order valence-corrected chi connectivity index (χ2v) is 10.5. The molecular formula is C25H37N5O3. The number of piperazine rings is 1. The molecular weight excluding hydrogens is 418 g/mol. The molecule has 1 aliphatic carbocycles. The summed E-state index contributed by atoms with van der Waals surface area (Å²) in [5.74, 6) is 1.22. The monoisotopic (exact) mass is 455 g/mol. The van der Waals surface area contributed by atoms with Crippen LogP contribution in [0.4, 0.5) is 10.6 Å². The molecule has 4 aliphatic rings. The number of aromatic nitrogens is 1. The quantitative estimate of drug-likeness (QED) is 0.740. The topological polar surface area (TPSA) is 80.2 Å². The summed E-state index contributed by atoms with van der Waals surface area (Å²) in [5, 5.41) is 9.83. The number of nitrogens with zero attached hydrogens (tertiary/aromatic N) is 5. The molecule has 1 N–H and O–H groups in total. The Morgan fingerprint density at radius 2 is 1.76 bits per heavy atom. The van der Waals surface area contributed by atoms with Gasteiger partial charge in [0, 0.05) is 58.1 Å². The molecule has 1 saturated carbocycles. The molecule has 1 aromatic rings. The van der Waals surface area contributed by atoms with Gasteiger partial charge in [0.2, 0.25) is 5.91 Å². The van der Waals surface area contributed by atoms with E-state index in [1.807, 2.05) is 29.0 Å². The highest BCUT2D eigenvalue weighted by atomic mass is 16.3. The van der Waals surface area contributed by atoms with E-state index in [1.165, 1.54) is 0 Å². The zero-order valence-corrected chi connectivity index (χ0v) is 19.8. The standard InChI is InChI=1S/C25H37N5O3/c1-19-3-8-22(26-17-19)27-13-15-28(16-14-27)24(33)29-11-2-9-25(18-29)10-12-30(23(25)32)20-4-6-21(31)7-5-20/h3,8,17,20-21,31H,2,4-7,9-16,18H2,1H3. The molecule has 5 rings (SSSR count). The van der Waals surface area contributed by atoms with Crippen molar-refractivity contribution >= 4 is 17.8 Å².